The fourth-order valence-corrected chi connectivity index (χ4v) is 8.29. The molecule has 0 saturated heterocycles. The van der Waals surface area contributed by atoms with Crippen LogP contribution in [-0.4, -0.2) is 66.4 Å². The van der Waals surface area contributed by atoms with Crippen LogP contribution in [0.1, 0.15) is 38.5 Å². The normalized spacial score (nSPS) is 12.2. The molecule has 0 aliphatic heterocycles. The van der Waals surface area contributed by atoms with E-state index in [-0.39, 0.29) is 50.6 Å². The maximum absolute atomic E-state index is 15.4. The molecule has 6 aromatic heterocycles. The zero-order valence-electron chi connectivity index (χ0n) is 38.0. The van der Waals surface area contributed by atoms with Crippen LogP contribution in [0.3, 0.4) is 0 Å². The van der Waals surface area contributed by atoms with Gasteiger partial charge in [0.15, 0.2) is 35.0 Å². The molecular formula is C49H35Cl2F5N14O2. The van der Waals surface area contributed by atoms with Crippen LogP contribution in [0, 0.1) is 17.5 Å². The predicted molar refractivity (Wildman–Crippen MR) is 259 cm³/mol. The molecule has 0 amide bonds. The van der Waals surface area contributed by atoms with Gasteiger partial charge in [-0.3, -0.25) is 14.7 Å². The maximum atomic E-state index is 15.4. The van der Waals surface area contributed by atoms with Crippen molar-refractivity contribution >= 4 is 68.0 Å². The van der Waals surface area contributed by atoms with Gasteiger partial charge in [0.1, 0.15) is 52.3 Å². The van der Waals surface area contributed by atoms with Gasteiger partial charge < -0.3 is 14.8 Å². The average Bonchev–Trinajstić information content (AvgIpc) is 4.06. The Bertz CT molecular complexity index is 3650. The highest BCUT2D eigenvalue weighted by atomic mass is 35.5. The smallest absolute Gasteiger partial charge is 0.320 e. The Balaban J connectivity index is 1.04. The lowest BCUT2D eigenvalue weighted by atomic mass is 10.00. The van der Waals surface area contributed by atoms with Crippen molar-refractivity contribution in [2.45, 2.75) is 39.0 Å². The molecule has 10 rings (SSSR count). The average molecular weight is 1020 g/mol. The molecule has 0 fully saturated rings. The number of nitrogens with one attached hydrogen (secondary N) is 2. The molecule has 0 radical (unpaired) electrons. The summed E-state index contributed by atoms with van der Waals surface area (Å²) < 4.78 is 89.7. The number of hydrogen-bond donors (Lipinski definition) is 2. The molecular weight excluding hydrogens is 983 g/mol. The summed E-state index contributed by atoms with van der Waals surface area (Å²) in [6, 6.07) is 14.3. The van der Waals surface area contributed by atoms with E-state index in [1.54, 1.807) is 100 Å². The third-order valence-corrected chi connectivity index (χ3v) is 12.0. The molecule has 0 aliphatic carbocycles. The first-order valence-corrected chi connectivity index (χ1v) is 22.4. The number of aryl methyl sites for hydroxylation is 1. The van der Waals surface area contributed by atoms with E-state index in [4.69, 9.17) is 47.7 Å². The van der Waals surface area contributed by atoms with Crippen LogP contribution in [0.4, 0.5) is 45.0 Å². The van der Waals surface area contributed by atoms with Crippen molar-refractivity contribution in [1.29, 1.82) is 0 Å². The Hall–Kier alpha value is -8.43. The lowest BCUT2D eigenvalue weighted by Crippen LogP contribution is -2.28. The SMILES string of the molecule is C[C@H](Oc1cc2c(N(c3cccc(Cl)c3F)C(F)F)ncnc2cc1-c1cn(C)nc1-c1cnc(C(C)(C)Oc2cc(-c3cn[nH]c3)cc3ncnc(Nc4ccc(F)c(Cl)c4F)c23)nc1)c1ncccn1. The molecule has 4 aromatic carbocycles. The van der Waals surface area contributed by atoms with Crippen LogP contribution in [0.25, 0.3) is 55.3 Å². The molecule has 72 heavy (non-hydrogen) atoms. The number of anilines is 4. The van der Waals surface area contributed by atoms with Crippen LogP contribution in [0.15, 0.2) is 117 Å². The molecule has 6 heterocycles. The molecule has 0 spiro atoms. The first kappa shape index (κ1) is 47.3. The number of halogens is 7. The van der Waals surface area contributed by atoms with Crippen LogP contribution in [0.5, 0.6) is 11.5 Å². The van der Waals surface area contributed by atoms with E-state index in [9.17, 15) is 4.39 Å². The number of H-pyrrole nitrogens is 1. The number of benzene rings is 4. The summed E-state index contributed by atoms with van der Waals surface area (Å²) in [4.78, 5) is 36.1. The zero-order valence-corrected chi connectivity index (χ0v) is 39.5. The van der Waals surface area contributed by atoms with Crippen molar-refractivity contribution in [3.63, 3.8) is 0 Å². The summed E-state index contributed by atoms with van der Waals surface area (Å²) in [5.74, 6) is -2.18. The Morgan fingerprint density at radius 2 is 1.54 bits per heavy atom. The predicted octanol–water partition coefficient (Wildman–Crippen LogP) is 11.9. The van der Waals surface area contributed by atoms with Gasteiger partial charge in [-0.15, -0.1) is 0 Å². The number of alkyl halides is 2. The van der Waals surface area contributed by atoms with Gasteiger partial charge >= 0.3 is 6.55 Å². The molecule has 2 N–H and O–H groups in total. The number of aromatic nitrogens is 12. The van der Waals surface area contributed by atoms with Crippen LogP contribution in [0.2, 0.25) is 10.0 Å². The van der Waals surface area contributed by atoms with Gasteiger partial charge in [-0.25, -0.2) is 53.0 Å². The number of hydrogen-bond acceptors (Lipinski definition) is 14. The number of nitrogens with zero attached hydrogens (tertiary/aromatic N) is 12. The summed E-state index contributed by atoms with van der Waals surface area (Å²) in [7, 11) is 1.72. The fourth-order valence-electron chi connectivity index (χ4n) is 7.96. The molecule has 23 heteroatoms. The highest BCUT2D eigenvalue weighted by molar-refractivity contribution is 6.31. The Labute approximate surface area is 414 Å². The number of rotatable bonds is 14. The monoisotopic (exact) mass is 1020 g/mol. The second kappa shape index (κ2) is 19.1. The topological polar surface area (TPSA) is 183 Å². The van der Waals surface area contributed by atoms with E-state index < -0.39 is 46.4 Å². The van der Waals surface area contributed by atoms with Gasteiger partial charge in [0.25, 0.3) is 0 Å². The lowest BCUT2D eigenvalue weighted by molar-refractivity contribution is 0.101. The van der Waals surface area contributed by atoms with Crippen LogP contribution in [-0.2, 0) is 12.6 Å². The number of aromatic amines is 1. The minimum absolute atomic E-state index is 0.0991. The van der Waals surface area contributed by atoms with Gasteiger partial charge in [-0.05, 0) is 80.9 Å². The van der Waals surface area contributed by atoms with Crippen molar-refractivity contribution in [3.05, 3.63) is 156 Å². The van der Waals surface area contributed by atoms with Gasteiger partial charge in [0, 0.05) is 71.9 Å². The zero-order chi connectivity index (χ0) is 50.4. The quantitative estimate of drug-likeness (QED) is 0.0596. The molecule has 0 bridgehead atoms. The molecule has 362 valence electrons. The van der Waals surface area contributed by atoms with Gasteiger partial charge in [0.2, 0.25) is 0 Å². The fraction of sp³-hybridized carbons (Fsp3) is 0.143. The van der Waals surface area contributed by atoms with Crippen molar-refractivity contribution < 1.29 is 31.4 Å². The summed E-state index contributed by atoms with van der Waals surface area (Å²) >= 11 is 12.0. The van der Waals surface area contributed by atoms with Gasteiger partial charge in [-0.1, -0.05) is 29.3 Å². The Kier molecular flexibility index (Phi) is 12.5. The summed E-state index contributed by atoms with van der Waals surface area (Å²) in [5, 5.41) is 14.0. The summed E-state index contributed by atoms with van der Waals surface area (Å²) in [5.41, 5.74) is 1.92. The maximum Gasteiger partial charge on any atom is 0.320 e. The van der Waals surface area contributed by atoms with Crippen LogP contribution >= 0.6 is 23.2 Å². The van der Waals surface area contributed by atoms with E-state index in [1.165, 1.54) is 36.7 Å². The lowest BCUT2D eigenvalue weighted by Gasteiger charge is -2.26. The van der Waals surface area contributed by atoms with E-state index in [1.807, 2.05) is 0 Å². The largest absolute Gasteiger partial charge is 0.482 e. The van der Waals surface area contributed by atoms with Crippen molar-refractivity contribution in [1.82, 2.24) is 59.8 Å². The Morgan fingerprint density at radius 3 is 2.29 bits per heavy atom. The summed E-state index contributed by atoms with van der Waals surface area (Å²) in [6.07, 6.45) is 12.9. The summed E-state index contributed by atoms with van der Waals surface area (Å²) in [6.45, 7) is 1.97. The minimum atomic E-state index is -3.26. The standard InChI is InChI=1S/C49H35Cl2F5N14O2/c1-24(44-57-11-6-12-58-44)71-37-16-29-34(61-23-64-46(29)70(48(55)56)36-8-5-7-31(50)41(36)53)15-28(37)30-21-69(4)68-43(30)27-17-59-47(60-18-27)49(2,3)72-38-14-25(26-19-65-66-20-26)13-35-39(38)45(63-22-62-35)67-33-10-9-32(52)40(51)42(33)54/h5-24,48H,1-4H3,(H,65,66)(H,62,63,67)/t24-/m0/s1. The van der Waals surface area contributed by atoms with Crippen molar-refractivity contribution in [3.8, 4) is 45.0 Å². The third-order valence-electron chi connectivity index (χ3n) is 11.4. The van der Waals surface area contributed by atoms with E-state index in [2.05, 4.69) is 45.4 Å². The molecule has 1 atom stereocenters. The van der Waals surface area contributed by atoms with E-state index in [0.29, 0.717) is 49.6 Å². The second-order valence-electron chi connectivity index (χ2n) is 16.5. The van der Waals surface area contributed by atoms with Crippen molar-refractivity contribution in [2.24, 2.45) is 7.05 Å². The molecule has 10 aromatic rings. The number of ether oxygens (including phenoxy) is 2. The number of fused-ring (bicyclic) bond motifs is 2. The molecule has 0 saturated carbocycles. The second-order valence-corrected chi connectivity index (χ2v) is 17.3. The first-order chi connectivity index (χ1) is 34.6. The highest BCUT2D eigenvalue weighted by Gasteiger charge is 2.31. The van der Waals surface area contributed by atoms with E-state index >= 15 is 17.6 Å². The Morgan fingerprint density at radius 1 is 0.778 bits per heavy atom. The highest BCUT2D eigenvalue weighted by Crippen LogP contribution is 2.45. The van der Waals surface area contributed by atoms with Gasteiger partial charge in [0.05, 0.1) is 39.0 Å². The molecule has 0 aliphatic rings. The van der Waals surface area contributed by atoms with Crippen LogP contribution < -0.4 is 19.7 Å². The van der Waals surface area contributed by atoms with Gasteiger partial charge in [-0.2, -0.15) is 19.0 Å². The first-order valence-electron chi connectivity index (χ1n) is 21.6. The third kappa shape index (κ3) is 8.98. The molecule has 0 unspecified atom stereocenters. The molecule has 16 nitrogen and oxygen atoms in total. The minimum Gasteiger partial charge on any atom is -0.482 e. The van der Waals surface area contributed by atoms with E-state index in [0.717, 1.165) is 18.0 Å². The van der Waals surface area contributed by atoms with Crippen molar-refractivity contribution in [2.75, 3.05) is 10.2 Å².